The van der Waals surface area contributed by atoms with Crippen LogP contribution in [0.15, 0.2) is 24.4 Å². The molecule has 1 aliphatic rings. The van der Waals surface area contributed by atoms with Gasteiger partial charge in [-0.15, -0.1) is 0 Å². The lowest BCUT2D eigenvalue weighted by Crippen LogP contribution is -2.14. The normalized spacial score (nSPS) is 16.3. The van der Waals surface area contributed by atoms with Crippen molar-refractivity contribution in [2.75, 3.05) is 27.3 Å². The minimum atomic E-state index is 0.728. The Bertz CT molecular complexity index is 385. The van der Waals surface area contributed by atoms with Crippen molar-refractivity contribution in [2.45, 2.75) is 13.0 Å². The van der Waals surface area contributed by atoms with Crippen LogP contribution in [0.5, 0.6) is 0 Å². The maximum Gasteiger partial charge on any atom is 0.0653 e. The van der Waals surface area contributed by atoms with E-state index < -0.39 is 0 Å². The molecule has 0 saturated carbocycles. The third kappa shape index (κ3) is 2.68. The Morgan fingerprint density at radius 1 is 1.44 bits per heavy atom. The van der Waals surface area contributed by atoms with Gasteiger partial charge in [-0.3, -0.25) is 4.98 Å². The average Bonchev–Trinajstić information content (AvgIpc) is 2.30. The van der Waals surface area contributed by atoms with Crippen molar-refractivity contribution >= 4 is 5.57 Å². The first-order valence-electron chi connectivity index (χ1n) is 5.63. The van der Waals surface area contributed by atoms with Gasteiger partial charge < -0.3 is 9.64 Å². The summed E-state index contributed by atoms with van der Waals surface area (Å²) in [6, 6.07) is 4.16. The molecular weight excluding hydrogens is 200 g/mol. The second-order valence-corrected chi connectivity index (χ2v) is 4.29. The number of ether oxygens (including phenoxy) is 1. The van der Waals surface area contributed by atoms with Gasteiger partial charge in [0.15, 0.2) is 0 Å². The fourth-order valence-corrected chi connectivity index (χ4v) is 1.93. The molecule has 1 aromatic rings. The lowest BCUT2D eigenvalue weighted by atomic mass is 10.00. The predicted octanol–water partition coefficient (Wildman–Crippen LogP) is 1.95. The van der Waals surface area contributed by atoms with Crippen LogP contribution in [0.25, 0.3) is 5.57 Å². The fraction of sp³-hybridized carbons (Fsp3) is 0.462. The lowest BCUT2D eigenvalue weighted by Gasteiger charge is -2.18. The SMILES string of the molecule is CN(C)Cc1ncccc1C1=CCOCC1. The van der Waals surface area contributed by atoms with Crippen LogP contribution in [0.3, 0.4) is 0 Å². The van der Waals surface area contributed by atoms with E-state index in [4.69, 9.17) is 4.74 Å². The van der Waals surface area contributed by atoms with E-state index in [2.05, 4.69) is 36.1 Å². The van der Waals surface area contributed by atoms with Crippen molar-refractivity contribution in [1.29, 1.82) is 0 Å². The third-order valence-electron chi connectivity index (χ3n) is 2.67. The number of rotatable bonds is 3. The number of aromatic nitrogens is 1. The first-order chi connectivity index (χ1) is 7.77. The van der Waals surface area contributed by atoms with Crippen LogP contribution >= 0.6 is 0 Å². The average molecular weight is 218 g/mol. The van der Waals surface area contributed by atoms with Crippen LogP contribution in [0, 0.1) is 0 Å². The lowest BCUT2D eigenvalue weighted by molar-refractivity contribution is 0.161. The zero-order valence-corrected chi connectivity index (χ0v) is 9.94. The van der Waals surface area contributed by atoms with Crippen molar-refractivity contribution in [1.82, 2.24) is 9.88 Å². The molecule has 1 aromatic heterocycles. The molecule has 2 heterocycles. The van der Waals surface area contributed by atoms with E-state index >= 15 is 0 Å². The summed E-state index contributed by atoms with van der Waals surface area (Å²) in [5.74, 6) is 0. The van der Waals surface area contributed by atoms with Gasteiger partial charge in [-0.05, 0) is 32.2 Å². The summed E-state index contributed by atoms with van der Waals surface area (Å²) in [5.41, 5.74) is 3.80. The summed E-state index contributed by atoms with van der Waals surface area (Å²) >= 11 is 0. The molecule has 0 radical (unpaired) electrons. The van der Waals surface area contributed by atoms with E-state index in [-0.39, 0.29) is 0 Å². The summed E-state index contributed by atoms with van der Waals surface area (Å²) < 4.78 is 5.33. The number of nitrogens with zero attached hydrogens (tertiary/aromatic N) is 2. The van der Waals surface area contributed by atoms with Crippen molar-refractivity contribution < 1.29 is 4.74 Å². The van der Waals surface area contributed by atoms with Crippen molar-refractivity contribution in [2.24, 2.45) is 0 Å². The summed E-state index contributed by atoms with van der Waals surface area (Å²) in [6.07, 6.45) is 5.02. The zero-order chi connectivity index (χ0) is 11.4. The Morgan fingerprint density at radius 3 is 3.00 bits per heavy atom. The molecule has 0 aromatic carbocycles. The molecule has 0 fully saturated rings. The molecule has 86 valence electrons. The number of hydrogen-bond donors (Lipinski definition) is 0. The Labute approximate surface area is 96.7 Å². The van der Waals surface area contributed by atoms with E-state index in [0.717, 1.165) is 31.9 Å². The largest absolute Gasteiger partial charge is 0.377 e. The number of pyridine rings is 1. The van der Waals surface area contributed by atoms with E-state index in [0.29, 0.717) is 0 Å². The van der Waals surface area contributed by atoms with Gasteiger partial charge in [0.1, 0.15) is 0 Å². The topological polar surface area (TPSA) is 25.4 Å². The summed E-state index contributed by atoms with van der Waals surface area (Å²) in [4.78, 5) is 6.62. The van der Waals surface area contributed by atoms with E-state index in [1.165, 1.54) is 11.1 Å². The molecule has 2 rings (SSSR count). The van der Waals surface area contributed by atoms with Crippen molar-refractivity contribution in [3.05, 3.63) is 35.7 Å². The summed E-state index contributed by atoms with van der Waals surface area (Å²) in [7, 11) is 4.13. The van der Waals surface area contributed by atoms with Crippen LogP contribution in [-0.2, 0) is 11.3 Å². The summed E-state index contributed by atoms with van der Waals surface area (Å²) in [6.45, 7) is 2.43. The van der Waals surface area contributed by atoms with Gasteiger partial charge in [0.25, 0.3) is 0 Å². The van der Waals surface area contributed by atoms with Crippen LogP contribution in [-0.4, -0.2) is 37.2 Å². The molecule has 0 N–H and O–H groups in total. The zero-order valence-electron chi connectivity index (χ0n) is 9.94. The molecule has 0 unspecified atom stereocenters. The van der Waals surface area contributed by atoms with Crippen LogP contribution in [0.1, 0.15) is 17.7 Å². The molecule has 16 heavy (non-hydrogen) atoms. The highest BCUT2D eigenvalue weighted by atomic mass is 16.5. The molecule has 3 heteroatoms. The Kier molecular flexibility index (Phi) is 3.70. The van der Waals surface area contributed by atoms with E-state index in [1.807, 2.05) is 12.3 Å². The molecule has 0 atom stereocenters. The van der Waals surface area contributed by atoms with Crippen LogP contribution in [0.2, 0.25) is 0 Å². The second kappa shape index (κ2) is 5.23. The molecule has 0 aliphatic carbocycles. The van der Waals surface area contributed by atoms with Gasteiger partial charge in [0.05, 0.1) is 18.9 Å². The smallest absolute Gasteiger partial charge is 0.0653 e. The molecule has 0 saturated heterocycles. The van der Waals surface area contributed by atoms with Gasteiger partial charge in [-0.2, -0.15) is 0 Å². The standard InChI is InChI=1S/C13H18N2O/c1-15(2)10-13-12(4-3-7-14-13)11-5-8-16-9-6-11/h3-5,7H,6,8-10H2,1-2H3. The molecule has 1 aliphatic heterocycles. The highest BCUT2D eigenvalue weighted by Gasteiger charge is 2.11. The van der Waals surface area contributed by atoms with Crippen LogP contribution < -0.4 is 0 Å². The highest BCUT2D eigenvalue weighted by Crippen LogP contribution is 2.23. The molecular formula is C13H18N2O. The number of hydrogen-bond acceptors (Lipinski definition) is 3. The first-order valence-corrected chi connectivity index (χ1v) is 5.63. The molecule has 3 nitrogen and oxygen atoms in total. The van der Waals surface area contributed by atoms with Gasteiger partial charge in [0.2, 0.25) is 0 Å². The Morgan fingerprint density at radius 2 is 2.31 bits per heavy atom. The minimum Gasteiger partial charge on any atom is -0.377 e. The maximum atomic E-state index is 5.33. The van der Waals surface area contributed by atoms with Gasteiger partial charge in [-0.1, -0.05) is 12.1 Å². The molecule has 0 amide bonds. The van der Waals surface area contributed by atoms with Crippen molar-refractivity contribution in [3.63, 3.8) is 0 Å². The Hall–Kier alpha value is -1.19. The van der Waals surface area contributed by atoms with Crippen molar-refractivity contribution in [3.8, 4) is 0 Å². The fourth-order valence-electron chi connectivity index (χ4n) is 1.93. The molecule has 0 spiro atoms. The molecule has 0 bridgehead atoms. The predicted molar refractivity (Wildman–Crippen MR) is 65.0 cm³/mol. The maximum absolute atomic E-state index is 5.33. The first kappa shape index (κ1) is 11.3. The monoisotopic (exact) mass is 218 g/mol. The minimum absolute atomic E-state index is 0.728. The van der Waals surface area contributed by atoms with Crippen LogP contribution in [0.4, 0.5) is 0 Å². The third-order valence-corrected chi connectivity index (χ3v) is 2.67. The second-order valence-electron chi connectivity index (χ2n) is 4.29. The van der Waals surface area contributed by atoms with E-state index in [1.54, 1.807) is 0 Å². The van der Waals surface area contributed by atoms with E-state index in [9.17, 15) is 0 Å². The van der Waals surface area contributed by atoms with Gasteiger partial charge in [0, 0.05) is 18.3 Å². The van der Waals surface area contributed by atoms with Gasteiger partial charge in [-0.25, -0.2) is 0 Å². The quantitative estimate of drug-likeness (QED) is 0.775. The summed E-state index contributed by atoms with van der Waals surface area (Å²) in [5, 5.41) is 0. The highest BCUT2D eigenvalue weighted by molar-refractivity contribution is 5.67. The Balaban J connectivity index is 2.28. The van der Waals surface area contributed by atoms with Gasteiger partial charge >= 0.3 is 0 Å².